The minimum atomic E-state index is -0.108. The van der Waals surface area contributed by atoms with Crippen LogP contribution in [0.3, 0.4) is 0 Å². The Morgan fingerprint density at radius 2 is 1.96 bits per heavy atom. The zero-order chi connectivity index (χ0) is 18.5. The van der Waals surface area contributed by atoms with Gasteiger partial charge in [-0.3, -0.25) is 4.79 Å². The summed E-state index contributed by atoms with van der Waals surface area (Å²) in [6, 6.07) is 15.6. The molecular weight excluding hydrogens is 328 g/mol. The Balaban J connectivity index is 1.66. The van der Waals surface area contributed by atoms with E-state index >= 15 is 0 Å². The van der Waals surface area contributed by atoms with Crippen molar-refractivity contribution in [3.8, 4) is 17.2 Å². The number of rotatable bonds is 6. The molecule has 0 unspecified atom stereocenters. The van der Waals surface area contributed by atoms with E-state index in [2.05, 4.69) is 10.3 Å². The molecule has 26 heavy (non-hydrogen) atoms. The third-order valence-corrected chi connectivity index (χ3v) is 4.15. The number of benzene rings is 2. The summed E-state index contributed by atoms with van der Waals surface area (Å²) in [5.74, 6) is 1.85. The summed E-state index contributed by atoms with van der Waals surface area (Å²) < 4.78 is 11.0. The maximum atomic E-state index is 12.3. The minimum Gasteiger partial charge on any atom is -0.496 e. The maximum Gasteiger partial charge on any atom is 0.226 e. The lowest BCUT2D eigenvalue weighted by Crippen LogP contribution is -2.25. The molecule has 0 aliphatic carbocycles. The van der Waals surface area contributed by atoms with Gasteiger partial charge in [0.2, 0.25) is 11.8 Å². The van der Waals surface area contributed by atoms with Crippen LogP contribution in [0.2, 0.25) is 0 Å². The van der Waals surface area contributed by atoms with E-state index in [1.54, 1.807) is 7.11 Å². The van der Waals surface area contributed by atoms with Crippen LogP contribution in [0.25, 0.3) is 11.5 Å². The van der Waals surface area contributed by atoms with E-state index in [1.165, 1.54) is 0 Å². The quantitative estimate of drug-likeness (QED) is 0.734. The first-order valence-electron chi connectivity index (χ1n) is 8.48. The summed E-state index contributed by atoms with van der Waals surface area (Å²) in [5, 5.41) is 2.91. The number of ether oxygens (including phenoxy) is 1. The molecule has 0 fully saturated rings. The van der Waals surface area contributed by atoms with Crippen molar-refractivity contribution in [2.75, 3.05) is 7.11 Å². The van der Waals surface area contributed by atoms with Crippen LogP contribution in [-0.4, -0.2) is 18.0 Å². The molecule has 5 heteroatoms. The third-order valence-electron chi connectivity index (χ3n) is 4.15. The van der Waals surface area contributed by atoms with Gasteiger partial charge in [0.15, 0.2) is 0 Å². The molecule has 134 valence electrons. The topological polar surface area (TPSA) is 64.4 Å². The number of amides is 1. The van der Waals surface area contributed by atoms with E-state index in [1.807, 2.05) is 62.4 Å². The zero-order valence-corrected chi connectivity index (χ0v) is 15.2. The van der Waals surface area contributed by atoms with Crippen LogP contribution >= 0.6 is 0 Å². The summed E-state index contributed by atoms with van der Waals surface area (Å²) in [6.07, 6.45) is 0.177. The number of oxazole rings is 1. The van der Waals surface area contributed by atoms with E-state index in [9.17, 15) is 4.79 Å². The fourth-order valence-electron chi connectivity index (χ4n) is 2.75. The van der Waals surface area contributed by atoms with Crippen molar-refractivity contribution in [2.45, 2.75) is 26.8 Å². The van der Waals surface area contributed by atoms with Crippen molar-refractivity contribution < 1.29 is 13.9 Å². The molecule has 0 saturated carbocycles. The molecule has 0 aliphatic rings. The van der Waals surface area contributed by atoms with Crippen LogP contribution in [-0.2, 0) is 17.8 Å². The molecule has 1 amide bonds. The Morgan fingerprint density at radius 3 is 2.73 bits per heavy atom. The van der Waals surface area contributed by atoms with Gasteiger partial charge >= 0.3 is 0 Å². The number of methoxy groups -OCH3 is 1. The Bertz CT molecular complexity index is 915. The van der Waals surface area contributed by atoms with Crippen LogP contribution < -0.4 is 10.1 Å². The monoisotopic (exact) mass is 350 g/mol. The number of nitrogens with zero attached hydrogens (tertiary/aromatic N) is 1. The summed E-state index contributed by atoms with van der Waals surface area (Å²) in [7, 11) is 1.62. The summed E-state index contributed by atoms with van der Waals surface area (Å²) >= 11 is 0. The Labute approximate surface area is 153 Å². The van der Waals surface area contributed by atoms with Gasteiger partial charge in [-0.1, -0.05) is 35.9 Å². The van der Waals surface area contributed by atoms with Crippen molar-refractivity contribution in [1.82, 2.24) is 10.3 Å². The van der Waals surface area contributed by atoms with Gasteiger partial charge in [0.25, 0.3) is 0 Å². The van der Waals surface area contributed by atoms with E-state index in [-0.39, 0.29) is 12.3 Å². The van der Waals surface area contributed by atoms with Gasteiger partial charge in [0.05, 0.1) is 19.2 Å². The molecular formula is C21H22N2O3. The van der Waals surface area contributed by atoms with E-state index in [0.29, 0.717) is 23.9 Å². The van der Waals surface area contributed by atoms with Crippen LogP contribution in [0.1, 0.15) is 22.6 Å². The predicted octanol–water partition coefficient (Wildman–Crippen LogP) is 3.83. The Hall–Kier alpha value is -3.08. The van der Waals surface area contributed by atoms with E-state index < -0.39 is 0 Å². The smallest absolute Gasteiger partial charge is 0.226 e. The molecule has 3 rings (SSSR count). The van der Waals surface area contributed by atoms with Crippen LogP contribution in [0.15, 0.2) is 52.9 Å². The lowest BCUT2D eigenvalue weighted by atomic mass is 10.1. The number of hydrogen-bond donors (Lipinski definition) is 1. The van der Waals surface area contributed by atoms with Gasteiger partial charge in [0, 0.05) is 17.7 Å². The van der Waals surface area contributed by atoms with Crippen molar-refractivity contribution in [3.05, 3.63) is 71.1 Å². The highest BCUT2D eigenvalue weighted by atomic mass is 16.5. The summed E-state index contributed by atoms with van der Waals surface area (Å²) in [5.41, 5.74) is 3.63. The van der Waals surface area contributed by atoms with E-state index in [4.69, 9.17) is 9.15 Å². The second-order valence-electron chi connectivity index (χ2n) is 6.16. The predicted molar refractivity (Wildman–Crippen MR) is 100.0 cm³/mol. The molecule has 3 aromatic rings. The average molecular weight is 350 g/mol. The van der Waals surface area contributed by atoms with Crippen molar-refractivity contribution >= 4 is 5.91 Å². The van der Waals surface area contributed by atoms with Gasteiger partial charge in [-0.25, -0.2) is 4.98 Å². The Morgan fingerprint density at radius 1 is 1.15 bits per heavy atom. The number of para-hydroxylation sites is 1. The van der Waals surface area contributed by atoms with Gasteiger partial charge in [-0.15, -0.1) is 0 Å². The normalized spacial score (nSPS) is 10.6. The third kappa shape index (κ3) is 4.11. The lowest BCUT2D eigenvalue weighted by Gasteiger charge is -2.09. The molecule has 0 saturated heterocycles. The Kier molecular flexibility index (Phi) is 5.37. The first kappa shape index (κ1) is 17.7. The van der Waals surface area contributed by atoms with Crippen LogP contribution in [0.4, 0.5) is 0 Å². The average Bonchev–Trinajstić information content (AvgIpc) is 3.01. The fourth-order valence-corrected chi connectivity index (χ4v) is 2.75. The molecule has 2 aromatic carbocycles. The number of aryl methyl sites for hydroxylation is 2. The van der Waals surface area contributed by atoms with Crippen molar-refractivity contribution in [1.29, 1.82) is 0 Å². The highest BCUT2D eigenvalue weighted by Crippen LogP contribution is 2.23. The van der Waals surface area contributed by atoms with Gasteiger partial charge in [0.1, 0.15) is 11.5 Å². The first-order chi connectivity index (χ1) is 12.6. The van der Waals surface area contributed by atoms with Crippen molar-refractivity contribution in [2.24, 2.45) is 0 Å². The molecule has 5 nitrogen and oxygen atoms in total. The highest BCUT2D eigenvalue weighted by molar-refractivity contribution is 5.78. The van der Waals surface area contributed by atoms with E-state index in [0.717, 1.165) is 22.4 Å². The second-order valence-corrected chi connectivity index (χ2v) is 6.16. The number of aromatic nitrogens is 1. The van der Waals surface area contributed by atoms with Crippen molar-refractivity contribution in [3.63, 3.8) is 0 Å². The molecule has 1 heterocycles. The second kappa shape index (κ2) is 7.87. The molecule has 0 radical (unpaired) electrons. The molecule has 1 N–H and O–H groups in total. The number of carbonyl (C=O) groups is 1. The van der Waals surface area contributed by atoms with Crippen LogP contribution in [0, 0.1) is 13.8 Å². The fraction of sp³-hybridized carbons (Fsp3) is 0.238. The number of carbonyl (C=O) groups excluding carboxylic acids is 1. The molecule has 0 atom stereocenters. The highest BCUT2D eigenvalue weighted by Gasteiger charge is 2.15. The minimum absolute atomic E-state index is 0.108. The van der Waals surface area contributed by atoms with Gasteiger partial charge in [-0.2, -0.15) is 0 Å². The number of hydrogen-bond acceptors (Lipinski definition) is 4. The SMILES string of the molecule is COc1ccccc1CNC(=O)Cc1nc(-c2cccc(C)c2)oc1C. The van der Waals surface area contributed by atoms with Crippen LogP contribution in [0.5, 0.6) is 5.75 Å². The van der Waals surface area contributed by atoms with Gasteiger partial charge in [-0.05, 0) is 32.0 Å². The standard InChI is InChI=1S/C21H22N2O3/c1-14-7-6-9-16(11-14)21-23-18(15(2)26-21)12-20(24)22-13-17-8-4-5-10-19(17)25-3/h4-11H,12-13H2,1-3H3,(H,22,24). The molecule has 0 spiro atoms. The summed E-state index contributed by atoms with van der Waals surface area (Å²) in [6.45, 7) is 4.26. The zero-order valence-electron chi connectivity index (χ0n) is 15.2. The first-order valence-corrected chi connectivity index (χ1v) is 8.48. The maximum absolute atomic E-state index is 12.3. The molecule has 0 aliphatic heterocycles. The van der Waals surface area contributed by atoms with Gasteiger partial charge < -0.3 is 14.5 Å². The summed E-state index contributed by atoms with van der Waals surface area (Å²) in [4.78, 5) is 16.8. The largest absolute Gasteiger partial charge is 0.496 e. The molecule has 0 bridgehead atoms. The molecule has 1 aromatic heterocycles. The lowest BCUT2D eigenvalue weighted by molar-refractivity contribution is -0.120. The number of nitrogens with one attached hydrogen (secondary N) is 1.